The van der Waals surface area contributed by atoms with Gasteiger partial charge < -0.3 is 4.90 Å². The highest BCUT2D eigenvalue weighted by Gasteiger charge is 2.49. The normalized spacial score (nSPS) is 13.7. The first kappa shape index (κ1) is 26.5. The Bertz CT molecular complexity index is 1080. The quantitative estimate of drug-likeness (QED) is 0.332. The van der Waals surface area contributed by atoms with Crippen LogP contribution in [0, 0.1) is 5.92 Å². The fourth-order valence-corrected chi connectivity index (χ4v) is 4.70. The third kappa shape index (κ3) is 5.42. The molecular weight excluding hydrogens is 468 g/mol. The predicted molar refractivity (Wildman–Crippen MR) is 121 cm³/mol. The van der Waals surface area contributed by atoms with Crippen LogP contribution in [0.4, 0.5) is 26.3 Å². The Morgan fingerprint density at radius 1 is 0.714 bits per heavy atom. The SMILES string of the molecule is C[C@H](C[NH+](C)C)C(C(=O)c1cc(C(F)(F)F)cc(C(F)(F)F)c1)(c1ccccc1)c1ccccc1. The van der Waals surface area contributed by atoms with Gasteiger partial charge in [0.1, 0.15) is 0 Å². The minimum Gasteiger partial charge on any atom is -0.340 e. The van der Waals surface area contributed by atoms with Crippen LogP contribution in [0.25, 0.3) is 0 Å². The van der Waals surface area contributed by atoms with Crippen LogP contribution < -0.4 is 4.90 Å². The van der Waals surface area contributed by atoms with Gasteiger partial charge in [0.2, 0.25) is 0 Å². The maximum absolute atomic E-state index is 14.3. The number of carbonyl (C=O) groups excluding carboxylic acids is 1. The van der Waals surface area contributed by atoms with E-state index in [0.29, 0.717) is 29.8 Å². The van der Waals surface area contributed by atoms with E-state index in [2.05, 4.69) is 0 Å². The molecule has 0 fully saturated rings. The summed E-state index contributed by atoms with van der Waals surface area (Å²) in [5.74, 6) is -1.30. The van der Waals surface area contributed by atoms with Crippen LogP contribution in [0.1, 0.15) is 39.5 Å². The molecule has 0 heterocycles. The van der Waals surface area contributed by atoms with Crippen LogP contribution in [0.3, 0.4) is 0 Å². The van der Waals surface area contributed by atoms with Gasteiger partial charge in [0, 0.05) is 11.5 Å². The molecule has 1 N–H and O–H groups in total. The standard InChI is InChI=1S/C27H25F6NO/c1-18(17-34(2)3)25(20-10-6-4-7-11-20,21-12-8-5-9-13-21)24(35)19-14-22(26(28,29)30)16-23(15-19)27(31,32)33/h4-16,18H,17H2,1-3H3/p+1/t18-/m1/s1. The zero-order chi connectivity index (χ0) is 26.0. The predicted octanol–water partition coefficient (Wildman–Crippen LogP) is 5.67. The number of alkyl halides is 6. The van der Waals surface area contributed by atoms with Crippen LogP contribution in [0.2, 0.25) is 0 Å². The summed E-state index contributed by atoms with van der Waals surface area (Å²) < 4.78 is 81.5. The number of halogens is 6. The highest BCUT2D eigenvalue weighted by atomic mass is 19.4. The van der Waals surface area contributed by atoms with Crippen molar-refractivity contribution < 1.29 is 36.0 Å². The lowest BCUT2D eigenvalue weighted by molar-refractivity contribution is -0.862. The Hall–Kier alpha value is -3.13. The van der Waals surface area contributed by atoms with Gasteiger partial charge in [0.05, 0.1) is 37.2 Å². The fourth-order valence-electron chi connectivity index (χ4n) is 4.70. The van der Waals surface area contributed by atoms with E-state index in [1.54, 1.807) is 67.6 Å². The average Bonchev–Trinajstić information content (AvgIpc) is 2.79. The van der Waals surface area contributed by atoms with E-state index in [1.807, 2.05) is 14.1 Å². The van der Waals surface area contributed by atoms with E-state index in [9.17, 15) is 31.1 Å². The van der Waals surface area contributed by atoms with Gasteiger partial charge in [0.25, 0.3) is 0 Å². The molecule has 3 aromatic rings. The number of Topliss-reactive ketones (excluding diaryl/α,β-unsaturated/α-hetero) is 1. The second kappa shape index (κ2) is 9.85. The molecule has 1 atom stereocenters. The molecule has 0 aliphatic carbocycles. The molecule has 8 heteroatoms. The summed E-state index contributed by atoms with van der Waals surface area (Å²) in [5.41, 5.74) is -4.20. The summed E-state index contributed by atoms with van der Waals surface area (Å²) in [7, 11) is 3.74. The van der Waals surface area contributed by atoms with Crippen molar-refractivity contribution in [3.05, 3.63) is 107 Å². The van der Waals surface area contributed by atoms with Crippen molar-refractivity contribution in [3.63, 3.8) is 0 Å². The molecule has 186 valence electrons. The third-order valence-electron chi connectivity index (χ3n) is 6.12. The van der Waals surface area contributed by atoms with Crippen LogP contribution in [0.15, 0.2) is 78.9 Å². The largest absolute Gasteiger partial charge is 0.416 e. The van der Waals surface area contributed by atoms with E-state index in [0.717, 1.165) is 4.90 Å². The molecule has 0 bridgehead atoms. The smallest absolute Gasteiger partial charge is 0.340 e. The van der Waals surface area contributed by atoms with Gasteiger partial charge in [-0.15, -0.1) is 0 Å². The van der Waals surface area contributed by atoms with Crippen LogP contribution in [0.5, 0.6) is 0 Å². The zero-order valence-corrected chi connectivity index (χ0v) is 19.5. The zero-order valence-electron chi connectivity index (χ0n) is 19.5. The maximum Gasteiger partial charge on any atom is 0.416 e. The van der Waals surface area contributed by atoms with Gasteiger partial charge in [0.15, 0.2) is 5.78 Å². The van der Waals surface area contributed by atoms with Crippen LogP contribution in [-0.2, 0) is 17.8 Å². The molecule has 0 aromatic heterocycles. The number of hydrogen-bond acceptors (Lipinski definition) is 1. The first-order chi connectivity index (χ1) is 16.3. The Kier molecular flexibility index (Phi) is 7.45. The summed E-state index contributed by atoms with van der Waals surface area (Å²) in [5, 5.41) is 0. The van der Waals surface area contributed by atoms with E-state index < -0.39 is 46.2 Å². The molecule has 3 aromatic carbocycles. The van der Waals surface area contributed by atoms with Gasteiger partial charge >= 0.3 is 12.4 Å². The summed E-state index contributed by atoms with van der Waals surface area (Å²) in [6.45, 7) is 2.23. The van der Waals surface area contributed by atoms with Gasteiger partial charge in [-0.05, 0) is 29.3 Å². The number of quaternary nitrogens is 1. The van der Waals surface area contributed by atoms with Crippen molar-refractivity contribution >= 4 is 5.78 Å². The number of rotatable bonds is 7. The molecule has 0 saturated carbocycles. The second-order valence-corrected chi connectivity index (χ2v) is 8.98. The van der Waals surface area contributed by atoms with E-state index in [4.69, 9.17) is 0 Å². The highest BCUT2D eigenvalue weighted by molar-refractivity contribution is 6.07. The molecule has 3 rings (SSSR count). The number of hydrogen-bond donors (Lipinski definition) is 1. The highest BCUT2D eigenvalue weighted by Crippen LogP contribution is 2.44. The molecule has 0 amide bonds. The number of ketones is 1. The molecule has 0 spiro atoms. The van der Waals surface area contributed by atoms with E-state index >= 15 is 0 Å². The maximum atomic E-state index is 14.3. The molecule has 0 unspecified atom stereocenters. The lowest BCUT2D eigenvalue weighted by Crippen LogP contribution is -3.06. The Labute approximate surface area is 200 Å². The summed E-state index contributed by atoms with van der Waals surface area (Å²) in [4.78, 5) is 15.3. The van der Waals surface area contributed by atoms with Gasteiger partial charge in [-0.1, -0.05) is 67.6 Å². The summed E-state index contributed by atoms with van der Waals surface area (Å²) in [6.07, 6.45) is -10.1. The molecule has 0 aliphatic heterocycles. The first-order valence-electron chi connectivity index (χ1n) is 11.0. The average molecular weight is 494 g/mol. The molecule has 0 aliphatic rings. The fraction of sp³-hybridized carbons (Fsp3) is 0.296. The molecular formula is C27H26F6NO+. The molecule has 35 heavy (non-hydrogen) atoms. The Morgan fingerprint density at radius 3 is 1.46 bits per heavy atom. The Balaban J connectivity index is 2.40. The number of benzene rings is 3. The minimum atomic E-state index is -5.06. The lowest BCUT2D eigenvalue weighted by Gasteiger charge is -2.39. The minimum absolute atomic E-state index is 0.0386. The van der Waals surface area contributed by atoms with Gasteiger partial charge in [-0.2, -0.15) is 26.3 Å². The van der Waals surface area contributed by atoms with Crippen molar-refractivity contribution in [2.45, 2.75) is 24.7 Å². The number of carbonyl (C=O) groups is 1. The molecule has 0 radical (unpaired) electrons. The lowest BCUT2D eigenvalue weighted by atomic mass is 9.62. The van der Waals surface area contributed by atoms with Crippen molar-refractivity contribution in [1.82, 2.24) is 0 Å². The van der Waals surface area contributed by atoms with E-state index in [1.165, 1.54) is 0 Å². The summed E-state index contributed by atoms with van der Waals surface area (Å²) in [6, 6.07) is 18.1. The van der Waals surface area contributed by atoms with Crippen LogP contribution >= 0.6 is 0 Å². The number of nitrogens with one attached hydrogen (secondary N) is 1. The Morgan fingerprint density at radius 2 is 1.11 bits per heavy atom. The molecule has 0 saturated heterocycles. The van der Waals surface area contributed by atoms with Gasteiger partial charge in [-0.3, -0.25) is 4.79 Å². The van der Waals surface area contributed by atoms with Crippen molar-refractivity contribution in [1.29, 1.82) is 0 Å². The van der Waals surface area contributed by atoms with E-state index in [-0.39, 0.29) is 6.07 Å². The van der Waals surface area contributed by atoms with Gasteiger partial charge in [-0.25, -0.2) is 0 Å². The monoisotopic (exact) mass is 494 g/mol. The van der Waals surface area contributed by atoms with Crippen molar-refractivity contribution in [2.24, 2.45) is 5.92 Å². The van der Waals surface area contributed by atoms with Crippen LogP contribution in [-0.4, -0.2) is 26.4 Å². The summed E-state index contributed by atoms with van der Waals surface area (Å²) >= 11 is 0. The topological polar surface area (TPSA) is 21.5 Å². The first-order valence-corrected chi connectivity index (χ1v) is 11.0. The van der Waals surface area contributed by atoms with Crippen molar-refractivity contribution in [2.75, 3.05) is 20.6 Å². The second-order valence-electron chi connectivity index (χ2n) is 8.98. The third-order valence-corrected chi connectivity index (χ3v) is 6.12. The molecule has 2 nitrogen and oxygen atoms in total. The van der Waals surface area contributed by atoms with Crippen molar-refractivity contribution in [3.8, 4) is 0 Å².